The number of aromatic nitrogens is 1. The summed E-state index contributed by atoms with van der Waals surface area (Å²) < 4.78 is 0. The van der Waals surface area contributed by atoms with Crippen molar-refractivity contribution >= 4 is 17.2 Å². The Balaban J connectivity index is 1.92. The number of rotatable bonds is 6. The Morgan fingerprint density at radius 3 is 3.00 bits per heavy atom. The first-order valence-electron chi connectivity index (χ1n) is 8.10. The first-order valence-corrected chi connectivity index (χ1v) is 8.92. The van der Waals surface area contributed by atoms with E-state index in [2.05, 4.69) is 42.0 Å². The van der Waals surface area contributed by atoms with Crippen molar-refractivity contribution in [3.05, 3.63) is 27.2 Å². The maximum absolute atomic E-state index is 11.1. The number of carbonyl (C=O) groups is 1. The van der Waals surface area contributed by atoms with Crippen molar-refractivity contribution in [1.29, 1.82) is 0 Å². The number of nitrogens with one attached hydrogen (secondary N) is 1. The molecule has 0 bridgehead atoms. The van der Waals surface area contributed by atoms with E-state index < -0.39 is 0 Å². The van der Waals surface area contributed by atoms with Crippen molar-refractivity contribution in [2.75, 3.05) is 13.1 Å². The molecule has 2 rings (SSSR count). The van der Waals surface area contributed by atoms with Gasteiger partial charge in [0.05, 0.1) is 10.7 Å². The van der Waals surface area contributed by atoms with Crippen LogP contribution in [-0.2, 0) is 17.8 Å². The number of carbonyl (C=O) groups excluding carboxylic acids is 1. The van der Waals surface area contributed by atoms with Crippen LogP contribution in [0.5, 0.6) is 0 Å². The predicted molar refractivity (Wildman–Crippen MR) is 92.1 cm³/mol. The van der Waals surface area contributed by atoms with E-state index >= 15 is 0 Å². The SMILES string of the molecule is CCc1nc(C)sc1CN1CCC=C(CC(C)NC(C)=O)C1. The highest BCUT2D eigenvalue weighted by Crippen LogP contribution is 2.23. The van der Waals surface area contributed by atoms with Crippen LogP contribution in [0.15, 0.2) is 11.6 Å². The van der Waals surface area contributed by atoms with E-state index in [-0.39, 0.29) is 11.9 Å². The number of hydrogen-bond donors (Lipinski definition) is 1. The average molecular weight is 321 g/mol. The van der Waals surface area contributed by atoms with Crippen molar-refractivity contribution in [1.82, 2.24) is 15.2 Å². The van der Waals surface area contributed by atoms with Gasteiger partial charge in [-0.15, -0.1) is 11.3 Å². The van der Waals surface area contributed by atoms with Gasteiger partial charge in [-0.2, -0.15) is 0 Å². The molecule has 0 saturated carbocycles. The zero-order valence-electron chi connectivity index (χ0n) is 14.1. The summed E-state index contributed by atoms with van der Waals surface area (Å²) in [5.74, 6) is 0.0495. The van der Waals surface area contributed by atoms with Crippen molar-refractivity contribution < 1.29 is 4.79 Å². The Bertz CT molecular complexity index is 550. The van der Waals surface area contributed by atoms with Gasteiger partial charge in [-0.25, -0.2) is 4.98 Å². The van der Waals surface area contributed by atoms with Crippen LogP contribution in [0.1, 0.15) is 49.2 Å². The second kappa shape index (κ2) is 7.88. The molecule has 0 aromatic carbocycles. The van der Waals surface area contributed by atoms with Crippen molar-refractivity contribution in [2.45, 2.75) is 59.5 Å². The fraction of sp³-hybridized carbons (Fsp3) is 0.647. The molecule has 22 heavy (non-hydrogen) atoms. The van der Waals surface area contributed by atoms with Gasteiger partial charge in [-0.3, -0.25) is 9.69 Å². The first kappa shape index (κ1) is 17.2. The van der Waals surface area contributed by atoms with Gasteiger partial charge in [0.1, 0.15) is 0 Å². The lowest BCUT2D eigenvalue weighted by Crippen LogP contribution is -2.34. The minimum atomic E-state index is 0.0495. The summed E-state index contributed by atoms with van der Waals surface area (Å²) in [7, 11) is 0. The highest BCUT2D eigenvalue weighted by molar-refractivity contribution is 7.11. The maximum atomic E-state index is 11.1. The molecule has 0 fully saturated rings. The first-order chi connectivity index (χ1) is 10.5. The van der Waals surface area contributed by atoms with Gasteiger partial charge < -0.3 is 5.32 Å². The fourth-order valence-electron chi connectivity index (χ4n) is 3.07. The monoisotopic (exact) mass is 321 g/mol. The van der Waals surface area contributed by atoms with Gasteiger partial charge in [0.15, 0.2) is 0 Å². The molecular weight excluding hydrogens is 294 g/mol. The Morgan fingerprint density at radius 1 is 1.55 bits per heavy atom. The molecule has 0 radical (unpaired) electrons. The quantitative estimate of drug-likeness (QED) is 0.819. The molecule has 1 aromatic heterocycles. The number of hydrogen-bond acceptors (Lipinski definition) is 4. The molecular formula is C17H27N3OS. The van der Waals surface area contributed by atoms with E-state index in [0.717, 1.165) is 38.9 Å². The summed E-state index contributed by atoms with van der Waals surface area (Å²) >= 11 is 1.83. The Kier molecular flexibility index (Phi) is 6.15. The normalized spacial score (nSPS) is 17.2. The molecule has 1 aliphatic heterocycles. The predicted octanol–water partition coefficient (Wildman–Crippen LogP) is 3.06. The molecule has 1 aliphatic rings. The third-order valence-corrected chi connectivity index (χ3v) is 4.91. The summed E-state index contributed by atoms with van der Waals surface area (Å²) in [4.78, 5) is 19.7. The third kappa shape index (κ3) is 4.92. The molecule has 1 atom stereocenters. The molecule has 2 heterocycles. The largest absolute Gasteiger partial charge is 0.354 e. The lowest BCUT2D eigenvalue weighted by atomic mass is 10.0. The number of thiazole rings is 1. The summed E-state index contributed by atoms with van der Waals surface area (Å²) in [5, 5.41) is 4.14. The average Bonchev–Trinajstić information content (AvgIpc) is 2.78. The van der Waals surface area contributed by atoms with Crippen LogP contribution in [0.2, 0.25) is 0 Å². The highest BCUT2D eigenvalue weighted by Gasteiger charge is 2.18. The van der Waals surface area contributed by atoms with Crippen molar-refractivity contribution in [2.24, 2.45) is 0 Å². The zero-order valence-corrected chi connectivity index (χ0v) is 14.9. The number of amides is 1. The molecule has 0 saturated heterocycles. The molecule has 1 unspecified atom stereocenters. The molecule has 1 N–H and O–H groups in total. The van der Waals surface area contributed by atoms with Crippen LogP contribution in [0, 0.1) is 6.92 Å². The summed E-state index contributed by atoms with van der Waals surface area (Å²) in [5.41, 5.74) is 2.69. The Labute approximate surface area is 137 Å². The molecule has 1 amide bonds. The van der Waals surface area contributed by atoms with Gasteiger partial charge in [0.2, 0.25) is 5.91 Å². The molecule has 122 valence electrons. The van der Waals surface area contributed by atoms with Crippen molar-refractivity contribution in [3.8, 4) is 0 Å². The van der Waals surface area contributed by atoms with Crippen LogP contribution in [-0.4, -0.2) is 34.9 Å². The summed E-state index contributed by atoms with van der Waals surface area (Å²) in [6.45, 7) is 11.0. The lowest BCUT2D eigenvalue weighted by Gasteiger charge is -2.28. The summed E-state index contributed by atoms with van der Waals surface area (Å²) in [6, 6.07) is 0.209. The Hall–Kier alpha value is -1.20. The standard InChI is InChI=1S/C17H27N3OS/c1-5-16-17(22-14(4)19-16)11-20-8-6-7-15(10-20)9-12(2)18-13(3)21/h7,12H,5-6,8-11H2,1-4H3,(H,18,21). The van der Waals surface area contributed by atoms with Crippen molar-refractivity contribution in [3.63, 3.8) is 0 Å². The van der Waals surface area contributed by atoms with Crippen LogP contribution >= 0.6 is 11.3 Å². The molecule has 5 heteroatoms. The minimum absolute atomic E-state index is 0.0495. The van der Waals surface area contributed by atoms with Crippen LogP contribution in [0.25, 0.3) is 0 Å². The number of nitrogens with zero attached hydrogens (tertiary/aromatic N) is 2. The van der Waals surface area contributed by atoms with Crippen LogP contribution in [0.3, 0.4) is 0 Å². The van der Waals surface area contributed by atoms with E-state index in [1.807, 2.05) is 11.3 Å². The van der Waals surface area contributed by atoms with Gasteiger partial charge in [0, 0.05) is 37.5 Å². The molecule has 0 spiro atoms. The molecule has 4 nitrogen and oxygen atoms in total. The van der Waals surface area contributed by atoms with Gasteiger partial charge in [-0.1, -0.05) is 18.6 Å². The lowest BCUT2D eigenvalue weighted by molar-refractivity contribution is -0.119. The Morgan fingerprint density at radius 2 is 2.32 bits per heavy atom. The topological polar surface area (TPSA) is 45.2 Å². The van der Waals surface area contributed by atoms with E-state index in [4.69, 9.17) is 0 Å². The van der Waals surface area contributed by atoms with E-state index in [1.54, 1.807) is 6.92 Å². The van der Waals surface area contributed by atoms with E-state index in [0.29, 0.717) is 0 Å². The van der Waals surface area contributed by atoms with Crippen LogP contribution in [0.4, 0.5) is 0 Å². The van der Waals surface area contributed by atoms with Gasteiger partial charge in [0.25, 0.3) is 0 Å². The fourth-order valence-corrected chi connectivity index (χ4v) is 4.14. The van der Waals surface area contributed by atoms with E-state index in [9.17, 15) is 4.79 Å². The van der Waals surface area contributed by atoms with Crippen LogP contribution < -0.4 is 5.32 Å². The number of aryl methyl sites for hydroxylation is 2. The second-order valence-corrected chi connectivity index (χ2v) is 7.41. The van der Waals surface area contributed by atoms with Gasteiger partial charge in [-0.05, 0) is 33.1 Å². The summed E-state index contributed by atoms with van der Waals surface area (Å²) in [6.07, 6.45) is 5.39. The smallest absolute Gasteiger partial charge is 0.217 e. The maximum Gasteiger partial charge on any atom is 0.217 e. The van der Waals surface area contributed by atoms with Gasteiger partial charge >= 0.3 is 0 Å². The highest BCUT2D eigenvalue weighted by atomic mass is 32.1. The van der Waals surface area contributed by atoms with E-state index in [1.165, 1.54) is 21.2 Å². The third-order valence-electron chi connectivity index (χ3n) is 3.91. The molecule has 0 aliphatic carbocycles. The second-order valence-electron chi connectivity index (χ2n) is 6.12. The minimum Gasteiger partial charge on any atom is -0.354 e. The zero-order chi connectivity index (χ0) is 16.1. The molecule has 1 aromatic rings.